The van der Waals surface area contributed by atoms with Crippen molar-refractivity contribution in [3.63, 3.8) is 0 Å². The van der Waals surface area contributed by atoms with Crippen molar-refractivity contribution in [2.45, 2.75) is 0 Å². The van der Waals surface area contributed by atoms with E-state index in [9.17, 15) is 15.3 Å². The number of nitrogens with zero attached hydrogens (tertiary/aromatic N) is 3. The van der Waals surface area contributed by atoms with E-state index >= 15 is 0 Å². The molecule has 1 aliphatic rings. The Morgan fingerprint density at radius 1 is 0.629 bits per heavy atom. The molecule has 0 amide bonds. The number of Topliss-reactive ketones (excluding diaryl/α,β-unsaturated/α-hetero) is 1. The monoisotopic (exact) mass is 449 g/mol. The number of ketones is 1. The molecule has 35 heavy (non-hydrogen) atoms. The number of para-hydroxylation sites is 2. The Balaban J connectivity index is 1.58. The van der Waals surface area contributed by atoms with E-state index in [-0.39, 0.29) is 11.4 Å². The molecule has 0 saturated heterocycles. The van der Waals surface area contributed by atoms with Crippen molar-refractivity contribution >= 4 is 34.5 Å². The normalized spacial score (nSPS) is 13.1. The molecule has 0 spiro atoms. The van der Waals surface area contributed by atoms with Gasteiger partial charge in [-0.1, -0.05) is 72.8 Å². The quantitative estimate of drug-likeness (QED) is 0.243. The highest BCUT2D eigenvalue weighted by Gasteiger charge is 2.32. The van der Waals surface area contributed by atoms with Gasteiger partial charge in [-0.25, -0.2) is 0 Å². The maximum atomic E-state index is 13.2. The van der Waals surface area contributed by atoms with Gasteiger partial charge in [-0.2, -0.15) is 10.5 Å². The Labute approximate surface area is 203 Å². The molecule has 0 heterocycles. The van der Waals surface area contributed by atoms with E-state index in [1.807, 2.05) is 72.8 Å². The molecule has 1 aliphatic carbocycles. The van der Waals surface area contributed by atoms with Crippen LogP contribution in [0.15, 0.2) is 120 Å². The van der Waals surface area contributed by atoms with Crippen LogP contribution >= 0.6 is 0 Å². The molecule has 0 atom stereocenters. The lowest BCUT2D eigenvalue weighted by atomic mass is 9.98. The van der Waals surface area contributed by atoms with Crippen molar-refractivity contribution in [1.29, 1.82) is 10.5 Å². The van der Waals surface area contributed by atoms with E-state index in [0.29, 0.717) is 22.3 Å². The molecule has 0 saturated carbocycles. The van der Waals surface area contributed by atoms with Crippen molar-refractivity contribution in [3.05, 3.63) is 137 Å². The second-order valence-corrected chi connectivity index (χ2v) is 8.00. The van der Waals surface area contributed by atoms with Crippen molar-refractivity contribution in [1.82, 2.24) is 0 Å². The van der Waals surface area contributed by atoms with Gasteiger partial charge in [-0.15, -0.1) is 0 Å². The summed E-state index contributed by atoms with van der Waals surface area (Å²) in [6.07, 6.45) is 1.76. The molecule has 4 aromatic rings. The third kappa shape index (κ3) is 4.02. The molecule has 0 N–H and O–H groups in total. The van der Waals surface area contributed by atoms with Crippen LogP contribution in [0.25, 0.3) is 11.6 Å². The Kier molecular flexibility index (Phi) is 5.78. The van der Waals surface area contributed by atoms with Gasteiger partial charge in [0.15, 0.2) is 5.78 Å². The number of carbonyl (C=O) groups is 1. The summed E-state index contributed by atoms with van der Waals surface area (Å²) in [4.78, 5) is 15.3. The topological polar surface area (TPSA) is 67.9 Å². The summed E-state index contributed by atoms with van der Waals surface area (Å²) in [5.74, 6) is -0.183. The summed E-state index contributed by atoms with van der Waals surface area (Å²) in [6, 6.07) is 39.1. The average Bonchev–Trinajstić information content (AvgIpc) is 3.19. The minimum absolute atomic E-state index is 0.0644. The lowest BCUT2D eigenvalue weighted by Gasteiger charge is -2.25. The van der Waals surface area contributed by atoms with E-state index in [4.69, 9.17) is 0 Å². The van der Waals surface area contributed by atoms with E-state index in [1.54, 1.807) is 30.3 Å². The zero-order chi connectivity index (χ0) is 24.2. The smallest absolute Gasteiger partial charge is 0.194 e. The van der Waals surface area contributed by atoms with Crippen LogP contribution in [0, 0.1) is 22.7 Å². The SMILES string of the molecule is N#CC(C#N)=C1/C(=C\c2ccc(N(c3ccccc3)c3ccccc3)cc2)C(=O)c2ccccc21. The molecule has 4 heteroatoms. The number of benzene rings is 4. The van der Waals surface area contributed by atoms with Crippen LogP contribution in [0.3, 0.4) is 0 Å². The molecule has 0 unspecified atom stereocenters. The van der Waals surface area contributed by atoms with Gasteiger partial charge in [0, 0.05) is 33.8 Å². The molecule has 0 aliphatic heterocycles. The highest BCUT2D eigenvalue weighted by atomic mass is 16.1. The van der Waals surface area contributed by atoms with Gasteiger partial charge in [0.2, 0.25) is 0 Å². The summed E-state index contributed by atoms with van der Waals surface area (Å²) >= 11 is 0. The molecule has 0 radical (unpaired) electrons. The predicted molar refractivity (Wildman–Crippen MR) is 138 cm³/mol. The van der Waals surface area contributed by atoms with Crippen LogP contribution < -0.4 is 4.90 Å². The number of fused-ring (bicyclic) bond motifs is 1. The first-order chi connectivity index (χ1) is 17.2. The van der Waals surface area contributed by atoms with Gasteiger partial charge in [0.1, 0.15) is 17.7 Å². The van der Waals surface area contributed by atoms with E-state index in [1.165, 1.54) is 0 Å². The van der Waals surface area contributed by atoms with E-state index in [2.05, 4.69) is 29.2 Å². The van der Waals surface area contributed by atoms with Gasteiger partial charge in [0.05, 0.1) is 0 Å². The number of carbonyl (C=O) groups excluding carboxylic acids is 1. The number of allylic oxidation sites excluding steroid dienone is 3. The van der Waals surface area contributed by atoms with Crippen molar-refractivity contribution < 1.29 is 4.79 Å². The van der Waals surface area contributed by atoms with Crippen LogP contribution in [0.2, 0.25) is 0 Å². The Bertz CT molecular complexity index is 1500. The molecular weight excluding hydrogens is 430 g/mol. The Morgan fingerprint density at radius 3 is 1.66 bits per heavy atom. The summed E-state index contributed by atoms with van der Waals surface area (Å²) in [5.41, 5.74) is 5.66. The van der Waals surface area contributed by atoms with Crippen LogP contribution in [-0.2, 0) is 0 Å². The first-order valence-corrected chi connectivity index (χ1v) is 11.1. The lowest BCUT2D eigenvalue weighted by molar-refractivity contribution is 0.104. The zero-order valence-electron chi connectivity index (χ0n) is 18.7. The average molecular weight is 450 g/mol. The maximum absolute atomic E-state index is 13.2. The van der Waals surface area contributed by atoms with Crippen molar-refractivity contribution in [2.24, 2.45) is 0 Å². The fourth-order valence-corrected chi connectivity index (χ4v) is 4.33. The lowest BCUT2D eigenvalue weighted by Crippen LogP contribution is -2.09. The standard InChI is InChI=1S/C31H19N3O/c32-20-23(21-33)30-27-13-7-8-14-28(27)31(35)29(30)19-22-15-17-26(18-16-22)34(24-9-3-1-4-10-24)25-11-5-2-6-12-25/h1-19H/b29-19+. The van der Waals surface area contributed by atoms with Crippen LogP contribution in [-0.4, -0.2) is 5.78 Å². The first kappa shape index (κ1) is 21.6. The summed E-state index contributed by atoms with van der Waals surface area (Å²) in [7, 11) is 0. The largest absolute Gasteiger partial charge is 0.311 e. The molecule has 5 rings (SSSR count). The number of rotatable bonds is 4. The van der Waals surface area contributed by atoms with Gasteiger partial charge >= 0.3 is 0 Å². The Morgan fingerprint density at radius 2 is 1.11 bits per heavy atom. The number of nitriles is 2. The fourth-order valence-electron chi connectivity index (χ4n) is 4.33. The van der Waals surface area contributed by atoms with Gasteiger partial charge in [0.25, 0.3) is 0 Å². The highest BCUT2D eigenvalue weighted by Crippen LogP contribution is 2.40. The van der Waals surface area contributed by atoms with Gasteiger partial charge < -0.3 is 4.90 Å². The molecule has 164 valence electrons. The van der Waals surface area contributed by atoms with Crippen LogP contribution in [0.4, 0.5) is 17.1 Å². The molecule has 4 nitrogen and oxygen atoms in total. The van der Waals surface area contributed by atoms with Gasteiger partial charge in [-0.3, -0.25) is 4.79 Å². The number of hydrogen-bond acceptors (Lipinski definition) is 4. The third-order valence-electron chi connectivity index (χ3n) is 5.92. The van der Waals surface area contributed by atoms with E-state index < -0.39 is 0 Å². The van der Waals surface area contributed by atoms with Crippen molar-refractivity contribution in [3.8, 4) is 12.1 Å². The predicted octanol–water partition coefficient (Wildman–Crippen LogP) is 7.24. The molecule has 0 bridgehead atoms. The Hall–Kier alpha value is -5.19. The van der Waals surface area contributed by atoms with E-state index in [0.717, 1.165) is 22.6 Å². The van der Waals surface area contributed by atoms with Gasteiger partial charge in [-0.05, 0) is 53.6 Å². The molecular formula is C31H19N3O. The third-order valence-corrected chi connectivity index (χ3v) is 5.92. The molecule has 0 fully saturated rings. The highest BCUT2D eigenvalue weighted by molar-refractivity contribution is 6.29. The van der Waals surface area contributed by atoms with Crippen molar-refractivity contribution in [2.75, 3.05) is 4.90 Å². The second-order valence-electron chi connectivity index (χ2n) is 8.00. The fraction of sp³-hybridized carbons (Fsp3) is 0. The van der Waals surface area contributed by atoms with Crippen LogP contribution in [0.5, 0.6) is 0 Å². The molecule has 4 aromatic carbocycles. The summed E-state index contributed by atoms with van der Waals surface area (Å²) in [6.45, 7) is 0. The maximum Gasteiger partial charge on any atom is 0.194 e. The minimum Gasteiger partial charge on any atom is -0.311 e. The van der Waals surface area contributed by atoms with Crippen LogP contribution in [0.1, 0.15) is 21.5 Å². The summed E-state index contributed by atoms with van der Waals surface area (Å²) < 4.78 is 0. The number of hydrogen-bond donors (Lipinski definition) is 0. The zero-order valence-corrected chi connectivity index (χ0v) is 18.7. The summed E-state index contributed by atoms with van der Waals surface area (Å²) in [5, 5.41) is 19.0. The number of anilines is 3. The second kappa shape index (κ2) is 9.35. The minimum atomic E-state index is -0.183. The first-order valence-electron chi connectivity index (χ1n) is 11.1. The molecule has 0 aromatic heterocycles.